The minimum absolute atomic E-state index is 0.0545. The van der Waals surface area contributed by atoms with Gasteiger partial charge in [-0.15, -0.1) is 0 Å². The average Bonchev–Trinajstić information content (AvgIpc) is 2.53. The number of carbonyl (C=O) groups excluding carboxylic acids is 1. The molecule has 0 unspecified atom stereocenters. The van der Waals surface area contributed by atoms with Gasteiger partial charge in [0.15, 0.2) is 0 Å². The van der Waals surface area contributed by atoms with Crippen LogP contribution in [0.4, 0.5) is 0 Å². The minimum Gasteiger partial charge on any atom is -0.481 e. The van der Waals surface area contributed by atoms with Gasteiger partial charge in [0.25, 0.3) is 0 Å². The Balaban J connectivity index is 2.49. The zero-order chi connectivity index (χ0) is 16.4. The molecular weight excluding hydrogens is 278 g/mol. The van der Waals surface area contributed by atoms with Gasteiger partial charge in [-0.05, 0) is 38.5 Å². The van der Waals surface area contributed by atoms with Crippen LogP contribution in [0.3, 0.4) is 0 Å². The number of carboxylic acids is 1. The van der Waals surface area contributed by atoms with E-state index in [1.165, 1.54) is 25.7 Å². The fourth-order valence-corrected chi connectivity index (χ4v) is 3.28. The average molecular weight is 311 g/mol. The van der Waals surface area contributed by atoms with Gasteiger partial charge in [-0.3, -0.25) is 9.59 Å². The van der Waals surface area contributed by atoms with Crippen LogP contribution in [0.15, 0.2) is 0 Å². The fraction of sp³-hybridized carbons (Fsp3) is 0.889. The summed E-state index contributed by atoms with van der Waals surface area (Å²) in [4.78, 5) is 25.8. The fourth-order valence-electron chi connectivity index (χ4n) is 3.28. The highest BCUT2D eigenvalue weighted by atomic mass is 16.4. The first-order valence-electron chi connectivity index (χ1n) is 9.11. The Bertz CT molecular complexity index is 325. The number of amides is 1. The Morgan fingerprint density at radius 2 is 1.32 bits per heavy atom. The van der Waals surface area contributed by atoms with Crippen LogP contribution in [-0.4, -0.2) is 35.0 Å². The van der Waals surface area contributed by atoms with E-state index in [0.717, 1.165) is 38.8 Å². The van der Waals surface area contributed by atoms with E-state index < -0.39 is 5.97 Å². The van der Waals surface area contributed by atoms with Gasteiger partial charge in [0.05, 0.1) is 5.92 Å². The van der Waals surface area contributed by atoms with Gasteiger partial charge in [0.2, 0.25) is 5.91 Å². The van der Waals surface area contributed by atoms with E-state index >= 15 is 0 Å². The van der Waals surface area contributed by atoms with E-state index in [9.17, 15) is 9.59 Å². The zero-order valence-electron chi connectivity index (χ0n) is 14.4. The lowest BCUT2D eigenvalue weighted by atomic mass is 9.81. The first-order chi connectivity index (χ1) is 10.6. The molecule has 4 nitrogen and oxygen atoms in total. The number of hydrogen-bond donors (Lipinski definition) is 1. The Hall–Kier alpha value is -1.06. The molecule has 0 aromatic rings. The van der Waals surface area contributed by atoms with Crippen molar-refractivity contribution in [2.24, 2.45) is 11.8 Å². The molecule has 1 amide bonds. The molecule has 1 fully saturated rings. The van der Waals surface area contributed by atoms with Crippen LogP contribution in [-0.2, 0) is 9.59 Å². The molecule has 0 aromatic carbocycles. The van der Waals surface area contributed by atoms with Crippen molar-refractivity contribution in [3.05, 3.63) is 0 Å². The van der Waals surface area contributed by atoms with Crippen LogP contribution in [0.5, 0.6) is 0 Å². The van der Waals surface area contributed by atoms with E-state index in [1.807, 2.05) is 0 Å². The molecule has 0 heterocycles. The van der Waals surface area contributed by atoms with Crippen molar-refractivity contribution in [3.8, 4) is 0 Å². The van der Waals surface area contributed by atoms with Crippen molar-refractivity contribution >= 4 is 11.9 Å². The van der Waals surface area contributed by atoms with Gasteiger partial charge in [-0.2, -0.15) is 0 Å². The maximum atomic E-state index is 12.7. The molecule has 0 aromatic heterocycles. The smallest absolute Gasteiger partial charge is 0.306 e. The molecule has 0 aliphatic heterocycles. The number of aliphatic carboxylic acids is 1. The maximum Gasteiger partial charge on any atom is 0.306 e. The number of hydrogen-bond acceptors (Lipinski definition) is 2. The molecule has 1 saturated carbocycles. The van der Waals surface area contributed by atoms with Crippen molar-refractivity contribution in [2.45, 2.75) is 78.1 Å². The predicted molar refractivity (Wildman–Crippen MR) is 88.7 cm³/mol. The number of carbonyl (C=O) groups is 2. The molecule has 1 aliphatic rings. The van der Waals surface area contributed by atoms with Gasteiger partial charge < -0.3 is 10.0 Å². The molecular formula is C18H33NO3. The third-order valence-corrected chi connectivity index (χ3v) is 4.80. The molecule has 0 saturated heterocycles. The van der Waals surface area contributed by atoms with Crippen LogP contribution in [0.2, 0.25) is 0 Å². The maximum absolute atomic E-state index is 12.7. The molecule has 128 valence electrons. The summed E-state index contributed by atoms with van der Waals surface area (Å²) in [7, 11) is 0. The topological polar surface area (TPSA) is 57.6 Å². The molecule has 1 aliphatic carbocycles. The van der Waals surface area contributed by atoms with Crippen LogP contribution >= 0.6 is 0 Å². The molecule has 22 heavy (non-hydrogen) atoms. The second-order valence-corrected chi connectivity index (χ2v) is 6.63. The largest absolute Gasteiger partial charge is 0.481 e. The van der Waals surface area contributed by atoms with E-state index in [2.05, 4.69) is 18.7 Å². The van der Waals surface area contributed by atoms with E-state index in [1.54, 1.807) is 0 Å². The number of unbranched alkanes of at least 4 members (excludes halogenated alkanes) is 4. The molecule has 0 spiro atoms. The minimum atomic E-state index is -0.700. The summed E-state index contributed by atoms with van der Waals surface area (Å²) < 4.78 is 0. The quantitative estimate of drug-likeness (QED) is 0.618. The number of carboxylic acid groups (broad SMARTS) is 1. The first-order valence-corrected chi connectivity index (χ1v) is 9.11. The summed E-state index contributed by atoms with van der Waals surface area (Å²) >= 11 is 0. The van der Waals surface area contributed by atoms with Crippen molar-refractivity contribution in [1.29, 1.82) is 0 Å². The number of nitrogens with zero attached hydrogens (tertiary/aromatic N) is 1. The lowest BCUT2D eigenvalue weighted by Crippen LogP contribution is -2.39. The highest BCUT2D eigenvalue weighted by Crippen LogP contribution is 2.30. The summed E-state index contributed by atoms with van der Waals surface area (Å²) in [6, 6.07) is 0. The Morgan fingerprint density at radius 1 is 0.864 bits per heavy atom. The summed E-state index contributed by atoms with van der Waals surface area (Å²) in [6.07, 6.45) is 9.64. The molecule has 0 atom stereocenters. The van der Waals surface area contributed by atoms with Crippen molar-refractivity contribution < 1.29 is 14.7 Å². The zero-order valence-corrected chi connectivity index (χ0v) is 14.4. The standard InChI is InChI=1S/C18H33NO3/c1-3-5-7-13-19(14-8-6-4-2)17(20)15-9-11-16(12-10-15)18(21)22/h15-16H,3-14H2,1-2H3,(H,21,22). The second-order valence-electron chi connectivity index (χ2n) is 6.63. The Morgan fingerprint density at radius 3 is 1.73 bits per heavy atom. The summed E-state index contributed by atoms with van der Waals surface area (Å²) in [5.41, 5.74) is 0. The van der Waals surface area contributed by atoms with Crippen molar-refractivity contribution in [1.82, 2.24) is 4.90 Å². The molecule has 4 heteroatoms. The Kier molecular flexibility index (Phi) is 9.17. The number of rotatable bonds is 10. The van der Waals surface area contributed by atoms with Gasteiger partial charge in [-0.1, -0.05) is 39.5 Å². The van der Waals surface area contributed by atoms with Crippen molar-refractivity contribution in [2.75, 3.05) is 13.1 Å². The van der Waals surface area contributed by atoms with Crippen LogP contribution < -0.4 is 0 Å². The van der Waals surface area contributed by atoms with Crippen LogP contribution in [0.1, 0.15) is 78.1 Å². The van der Waals surface area contributed by atoms with Gasteiger partial charge in [0.1, 0.15) is 0 Å². The third kappa shape index (κ3) is 6.37. The Labute approximate surface area is 135 Å². The monoisotopic (exact) mass is 311 g/mol. The third-order valence-electron chi connectivity index (χ3n) is 4.80. The van der Waals surface area contributed by atoms with Gasteiger partial charge >= 0.3 is 5.97 Å². The summed E-state index contributed by atoms with van der Waals surface area (Å²) in [5.74, 6) is -0.610. The lowest BCUT2D eigenvalue weighted by Gasteiger charge is -2.31. The molecule has 1 N–H and O–H groups in total. The van der Waals surface area contributed by atoms with Crippen LogP contribution in [0, 0.1) is 11.8 Å². The van der Waals surface area contributed by atoms with Crippen LogP contribution in [0.25, 0.3) is 0 Å². The molecule has 1 rings (SSSR count). The van der Waals surface area contributed by atoms with E-state index in [0.29, 0.717) is 12.8 Å². The van der Waals surface area contributed by atoms with Gasteiger partial charge in [0, 0.05) is 19.0 Å². The molecule has 0 radical (unpaired) electrons. The second kappa shape index (κ2) is 10.6. The SMILES string of the molecule is CCCCCN(CCCCC)C(=O)C1CCC(C(=O)O)CC1. The predicted octanol–water partition coefficient (Wildman–Crippen LogP) is 4.09. The van der Waals surface area contributed by atoms with Crippen molar-refractivity contribution in [3.63, 3.8) is 0 Å². The summed E-state index contributed by atoms with van der Waals surface area (Å²) in [6.45, 7) is 6.09. The van der Waals surface area contributed by atoms with E-state index in [4.69, 9.17) is 5.11 Å². The summed E-state index contributed by atoms with van der Waals surface area (Å²) in [5, 5.41) is 9.06. The normalized spacial score (nSPS) is 21.5. The lowest BCUT2D eigenvalue weighted by molar-refractivity contribution is -0.145. The first kappa shape index (κ1) is 19.0. The molecule has 0 bridgehead atoms. The highest BCUT2D eigenvalue weighted by Gasteiger charge is 2.31. The van der Waals surface area contributed by atoms with Gasteiger partial charge in [-0.25, -0.2) is 0 Å². The highest BCUT2D eigenvalue weighted by molar-refractivity contribution is 5.79. The van der Waals surface area contributed by atoms with E-state index in [-0.39, 0.29) is 17.7 Å².